The number of thiazole rings is 1. The van der Waals surface area contributed by atoms with E-state index >= 15 is 0 Å². The summed E-state index contributed by atoms with van der Waals surface area (Å²) in [5.74, 6) is 0.434. The van der Waals surface area contributed by atoms with Crippen LogP contribution in [0.4, 0.5) is 0 Å². The van der Waals surface area contributed by atoms with E-state index in [0.29, 0.717) is 31.1 Å². The maximum absolute atomic E-state index is 13.0. The van der Waals surface area contributed by atoms with Crippen molar-refractivity contribution in [1.82, 2.24) is 4.98 Å². The Hall–Kier alpha value is -1.77. The third kappa shape index (κ3) is 4.14. The van der Waals surface area contributed by atoms with Gasteiger partial charge in [-0.2, -0.15) is 0 Å². The molecule has 28 heavy (non-hydrogen) atoms. The van der Waals surface area contributed by atoms with Crippen LogP contribution in [-0.2, 0) is 25.8 Å². The van der Waals surface area contributed by atoms with E-state index in [1.165, 1.54) is 25.2 Å². The Labute approximate surface area is 169 Å². The summed E-state index contributed by atoms with van der Waals surface area (Å²) in [6, 6.07) is 7.50. The van der Waals surface area contributed by atoms with Gasteiger partial charge in [-0.1, -0.05) is 0 Å². The summed E-state index contributed by atoms with van der Waals surface area (Å²) in [5, 5.41) is 1.97. The minimum Gasteiger partial charge on any atom is -0.497 e. The number of ether oxygens (including phenoxy) is 2. The molecule has 1 saturated heterocycles. The average Bonchev–Trinajstić information content (AvgIpc) is 3.17. The van der Waals surface area contributed by atoms with E-state index in [2.05, 4.69) is 4.98 Å². The normalized spacial score (nSPS) is 16.1. The van der Waals surface area contributed by atoms with Crippen LogP contribution in [0.15, 0.2) is 29.6 Å². The SMILES string of the molecule is COc1ccc(-c2csc(CC(=O)C(C)(C)S(=O)(=O)C3CCOCC3)n2)cc1. The molecule has 0 aliphatic carbocycles. The van der Waals surface area contributed by atoms with Crippen LogP contribution < -0.4 is 4.74 Å². The first kappa shape index (κ1) is 21.0. The van der Waals surface area contributed by atoms with E-state index in [-0.39, 0.29) is 12.2 Å². The molecule has 0 spiro atoms. The first-order valence-electron chi connectivity index (χ1n) is 9.19. The average molecular weight is 424 g/mol. The number of carbonyl (C=O) groups excluding carboxylic acids is 1. The van der Waals surface area contributed by atoms with Crippen molar-refractivity contribution >= 4 is 27.0 Å². The van der Waals surface area contributed by atoms with Gasteiger partial charge in [0.25, 0.3) is 0 Å². The highest BCUT2D eigenvalue weighted by molar-refractivity contribution is 7.94. The van der Waals surface area contributed by atoms with Gasteiger partial charge in [-0.25, -0.2) is 13.4 Å². The van der Waals surface area contributed by atoms with E-state index in [4.69, 9.17) is 9.47 Å². The Balaban J connectivity index is 1.74. The predicted molar refractivity (Wildman–Crippen MR) is 110 cm³/mol. The molecule has 6 nitrogen and oxygen atoms in total. The Kier molecular flexibility index (Phi) is 6.21. The molecule has 2 heterocycles. The van der Waals surface area contributed by atoms with Crippen molar-refractivity contribution in [3.63, 3.8) is 0 Å². The van der Waals surface area contributed by atoms with Crippen molar-refractivity contribution in [2.24, 2.45) is 0 Å². The number of benzene rings is 1. The molecule has 1 aliphatic rings. The number of nitrogens with zero attached hydrogens (tertiary/aromatic N) is 1. The number of hydrogen-bond acceptors (Lipinski definition) is 7. The summed E-state index contributed by atoms with van der Waals surface area (Å²) in [5.41, 5.74) is 1.69. The lowest BCUT2D eigenvalue weighted by molar-refractivity contribution is -0.120. The molecule has 0 radical (unpaired) electrons. The largest absolute Gasteiger partial charge is 0.497 e. The fourth-order valence-electron chi connectivity index (χ4n) is 3.20. The van der Waals surface area contributed by atoms with Crippen LogP contribution >= 0.6 is 11.3 Å². The van der Waals surface area contributed by atoms with Crippen molar-refractivity contribution in [1.29, 1.82) is 0 Å². The molecule has 0 saturated carbocycles. The lowest BCUT2D eigenvalue weighted by Gasteiger charge is -2.31. The van der Waals surface area contributed by atoms with Gasteiger partial charge in [0.15, 0.2) is 15.6 Å². The Morgan fingerprint density at radius 1 is 1.25 bits per heavy atom. The van der Waals surface area contributed by atoms with Gasteiger partial charge >= 0.3 is 0 Å². The van der Waals surface area contributed by atoms with Gasteiger partial charge in [0, 0.05) is 24.2 Å². The Bertz CT molecular complexity index is 926. The van der Waals surface area contributed by atoms with Crippen molar-refractivity contribution in [3.8, 4) is 17.0 Å². The number of hydrogen-bond donors (Lipinski definition) is 0. The van der Waals surface area contributed by atoms with Gasteiger partial charge in [0.2, 0.25) is 0 Å². The lowest BCUT2D eigenvalue weighted by Crippen LogP contribution is -2.48. The molecule has 0 N–H and O–H groups in total. The minimum absolute atomic E-state index is 0.0102. The van der Waals surface area contributed by atoms with Crippen molar-refractivity contribution in [3.05, 3.63) is 34.7 Å². The second kappa shape index (κ2) is 8.31. The zero-order chi connectivity index (χ0) is 20.4. The Morgan fingerprint density at radius 3 is 2.50 bits per heavy atom. The molecule has 0 unspecified atom stereocenters. The zero-order valence-electron chi connectivity index (χ0n) is 16.3. The second-order valence-corrected chi connectivity index (χ2v) is 11.0. The van der Waals surface area contributed by atoms with Gasteiger partial charge < -0.3 is 9.47 Å². The minimum atomic E-state index is -3.60. The third-order valence-electron chi connectivity index (χ3n) is 5.24. The fraction of sp³-hybridized carbons (Fsp3) is 0.500. The number of rotatable bonds is 7. The van der Waals surface area contributed by atoms with Crippen LogP contribution in [0.3, 0.4) is 0 Å². The molecule has 0 atom stereocenters. The molecule has 8 heteroatoms. The van der Waals surface area contributed by atoms with Crippen molar-refractivity contribution in [2.45, 2.75) is 43.1 Å². The molecule has 3 rings (SSSR count). The molecule has 0 amide bonds. The highest BCUT2D eigenvalue weighted by Crippen LogP contribution is 2.30. The van der Waals surface area contributed by atoms with Gasteiger partial charge in [0.1, 0.15) is 15.5 Å². The molecule has 1 aliphatic heterocycles. The summed E-state index contributed by atoms with van der Waals surface area (Å²) >= 11 is 1.37. The van der Waals surface area contributed by atoms with Crippen LogP contribution in [-0.4, -0.2) is 49.5 Å². The number of carbonyl (C=O) groups is 1. The lowest BCUT2D eigenvalue weighted by atomic mass is 10.1. The molecule has 1 aromatic carbocycles. The molecule has 152 valence electrons. The van der Waals surface area contributed by atoms with Gasteiger partial charge in [-0.15, -0.1) is 11.3 Å². The highest BCUT2D eigenvalue weighted by Gasteiger charge is 2.46. The first-order chi connectivity index (χ1) is 13.3. The van der Waals surface area contributed by atoms with Gasteiger partial charge in [0.05, 0.1) is 24.5 Å². The van der Waals surface area contributed by atoms with Crippen LogP contribution in [0, 0.1) is 0 Å². The van der Waals surface area contributed by atoms with E-state index in [1.807, 2.05) is 29.6 Å². The van der Waals surface area contributed by atoms with Crippen LogP contribution in [0.25, 0.3) is 11.3 Å². The summed E-state index contributed by atoms with van der Waals surface area (Å²) in [4.78, 5) is 17.4. The topological polar surface area (TPSA) is 82.6 Å². The summed E-state index contributed by atoms with van der Waals surface area (Å²) in [6.07, 6.45) is 0.895. The van der Waals surface area contributed by atoms with Crippen molar-refractivity contribution < 1.29 is 22.7 Å². The van der Waals surface area contributed by atoms with E-state index in [9.17, 15) is 13.2 Å². The van der Waals surface area contributed by atoms with Gasteiger partial charge in [-0.3, -0.25) is 4.79 Å². The quantitative estimate of drug-likeness (QED) is 0.680. The summed E-state index contributed by atoms with van der Waals surface area (Å²) < 4.78 is 35.0. The monoisotopic (exact) mass is 423 g/mol. The molecule has 2 aromatic rings. The third-order valence-corrected chi connectivity index (χ3v) is 9.09. The number of methoxy groups -OCH3 is 1. The number of ketones is 1. The Morgan fingerprint density at radius 2 is 1.89 bits per heavy atom. The van der Waals surface area contributed by atoms with Crippen LogP contribution in [0.5, 0.6) is 5.75 Å². The van der Waals surface area contributed by atoms with E-state index in [1.54, 1.807) is 7.11 Å². The smallest absolute Gasteiger partial charge is 0.165 e. The molecule has 1 aromatic heterocycles. The number of sulfone groups is 1. The summed E-state index contributed by atoms with van der Waals surface area (Å²) in [7, 11) is -1.99. The summed E-state index contributed by atoms with van der Waals surface area (Å²) in [6.45, 7) is 3.87. The van der Waals surface area contributed by atoms with E-state index in [0.717, 1.165) is 17.0 Å². The molecular formula is C20H25NO5S2. The zero-order valence-corrected chi connectivity index (χ0v) is 17.9. The number of Topliss-reactive ketones (excluding diaryl/α,β-unsaturated/α-hetero) is 1. The molecule has 0 bridgehead atoms. The maximum atomic E-state index is 13.0. The molecule has 1 fully saturated rings. The first-order valence-corrected chi connectivity index (χ1v) is 11.6. The van der Waals surface area contributed by atoms with E-state index < -0.39 is 19.8 Å². The highest BCUT2D eigenvalue weighted by atomic mass is 32.2. The standard InChI is InChI=1S/C20H25NO5S2/c1-20(2,28(23,24)16-8-10-26-11-9-16)18(22)12-19-21-17(13-27-19)14-4-6-15(25-3)7-5-14/h4-7,13,16H,8-12H2,1-3H3. The molecular weight excluding hydrogens is 398 g/mol. The van der Waals surface area contributed by atoms with Gasteiger partial charge in [-0.05, 0) is 51.0 Å². The maximum Gasteiger partial charge on any atom is 0.165 e. The predicted octanol–water partition coefficient (Wildman–Crippen LogP) is 3.30. The number of aromatic nitrogens is 1. The van der Waals surface area contributed by atoms with Crippen LogP contribution in [0.2, 0.25) is 0 Å². The van der Waals surface area contributed by atoms with Crippen LogP contribution in [0.1, 0.15) is 31.7 Å². The second-order valence-electron chi connectivity index (χ2n) is 7.32. The van der Waals surface area contributed by atoms with Crippen molar-refractivity contribution in [2.75, 3.05) is 20.3 Å². The fourth-order valence-corrected chi connectivity index (χ4v) is 6.04.